The SMILES string of the molecule is CN(C)CCNc1nc[nH]c(=O)c1I. The molecule has 0 atom stereocenters. The summed E-state index contributed by atoms with van der Waals surface area (Å²) in [5, 5.41) is 3.10. The first-order valence-corrected chi connectivity index (χ1v) is 5.31. The number of nitrogens with zero attached hydrogens (tertiary/aromatic N) is 2. The van der Waals surface area contributed by atoms with Gasteiger partial charge in [-0.1, -0.05) is 0 Å². The van der Waals surface area contributed by atoms with Crippen LogP contribution in [0, 0.1) is 3.57 Å². The standard InChI is InChI=1S/C8H13IN4O/c1-13(2)4-3-10-7-6(9)8(14)12-5-11-7/h5H,3-4H2,1-2H3,(H2,10,11,12,14). The number of H-pyrrole nitrogens is 1. The summed E-state index contributed by atoms with van der Waals surface area (Å²) >= 11 is 1.98. The summed E-state index contributed by atoms with van der Waals surface area (Å²) in [7, 11) is 4.00. The van der Waals surface area contributed by atoms with E-state index >= 15 is 0 Å². The van der Waals surface area contributed by atoms with Crippen LogP contribution in [0.25, 0.3) is 0 Å². The third kappa shape index (κ3) is 3.26. The lowest BCUT2D eigenvalue weighted by Gasteiger charge is -2.10. The molecule has 0 saturated heterocycles. The van der Waals surface area contributed by atoms with Crippen molar-refractivity contribution in [2.24, 2.45) is 0 Å². The molecule has 6 heteroatoms. The molecule has 0 aliphatic rings. The number of aromatic nitrogens is 2. The maximum Gasteiger partial charge on any atom is 0.266 e. The highest BCUT2D eigenvalue weighted by atomic mass is 127. The van der Waals surface area contributed by atoms with Crippen molar-refractivity contribution < 1.29 is 0 Å². The van der Waals surface area contributed by atoms with Gasteiger partial charge in [0.1, 0.15) is 9.39 Å². The summed E-state index contributed by atoms with van der Waals surface area (Å²) in [5.74, 6) is 0.649. The minimum Gasteiger partial charge on any atom is -0.368 e. The van der Waals surface area contributed by atoms with E-state index < -0.39 is 0 Å². The predicted molar refractivity (Wildman–Crippen MR) is 64.6 cm³/mol. The van der Waals surface area contributed by atoms with E-state index in [-0.39, 0.29) is 5.56 Å². The van der Waals surface area contributed by atoms with E-state index in [1.165, 1.54) is 6.33 Å². The third-order valence-corrected chi connectivity index (χ3v) is 2.65. The van der Waals surface area contributed by atoms with Gasteiger partial charge in [0.25, 0.3) is 5.56 Å². The van der Waals surface area contributed by atoms with Crippen LogP contribution in [0.1, 0.15) is 0 Å². The van der Waals surface area contributed by atoms with Crippen LogP contribution in [0.2, 0.25) is 0 Å². The first kappa shape index (κ1) is 11.4. The second-order valence-electron chi connectivity index (χ2n) is 3.12. The number of aromatic amines is 1. The lowest BCUT2D eigenvalue weighted by molar-refractivity contribution is 0.425. The number of nitrogens with one attached hydrogen (secondary N) is 2. The summed E-state index contributed by atoms with van der Waals surface area (Å²) in [6.45, 7) is 1.68. The van der Waals surface area contributed by atoms with Gasteiger partial charge < -0.3 is 15.2 Å². The largest absolute Gasteiger partial charge is 0.368 e. The molecule has 14 heavy (non-hydrogen) atoms. The number of likely N-dealkylation sites (N-methyl/N-ethyl adjacent to an activating group) is 1. The van der Waals surface area contributed by atoms with Crippen LogP contribution < -0.4 is 10.9 Å². The second kappa shape index (κ2) is 5.30. The van der Waals surface area contributed by atoms with Crippen LogP contribution in [0.4, 0.5) is 5.82 Å². The predicted octanol–water partition coefficient (Wildman–Crippen LogP) is 0.348. The molecule has 78 valence electrons. The number of hydrogen-bond acceptors (Lipinski definition) is 4. The molecule has 0 amide bonds. The van der Waals surface area contributed by atoms with E-state index in [0.717, 1.165) is 13.1 Å². The van der Waals surface area contributed by atoms with Crippen molar-refractivity contribution in [2.75, 3.05) is 32.5 Å². The highest BCUT2D eigenvalue weighted by molar-refractivity contribution is 14.1. The fraction of sp³-hybridized carbons (Fsp3) is 0.500. The maximum absolute atomic E-state index is 11.2. The fourth-order valence-corrected chi connectivity index (χ4v) is 1.39. The van der Waals surface area contributed by atoms with Gasteiger partial charge in [0.05, 0.1) is 6.33 Å². The first-order chi connectivity index (χ1) is 6.61. The Labute approximate surface area is 96.1 Å². The van der Waals surface area contributed by atoms with Gasteiger partial charge in [-0.25, -0.2) is 4.98 Å². The molecule has 0 saturated carbocycles. The van der Waals surface area contributed by atoms with E-state index in [2.05, 4.69) is 20.2 Å². The minimum absolute atomic E-state index is 0.104. The Morgan fingerprint density at radius 3 is 3.00 bits per heavy atom. The van der Waals surface area contributed by atoms with Gasteiger partial charge in [-0.2, -0.15) is 0 Å². The van der Waals surface area contributed by atoms with Crippen molar-refractivity contribution in [2.45, 2.75) is 0 Å². The van der Waals surface area contributed by atoms with E-state index in [1.54, 1.807) is 0 Å². The van der Waals surface area contributed by atoms with Crippen LogP contribution in [0.15, 0.2) is 11.1 Å². The molecule has 0 aliphatic carbocycles. The van der Waals surface area contributed by atoms with Crippen molar-refractivity contribution >= 4 is 28.4 Å². The molecule has 0 aromatic carbocycles. The third-order valence-electron chi connectivity index (χ3n) is 1.65. The van der Waals surface area contributed by atoms with Gasteiger partial charge in [0.2, 0.25) is 0 Å². The van der Waals surface area contributed by atoms with Gasteiger partial charge in [-0.05, 0) is 36.7 Å². The molecule has 0 spiro atoms. The normalized spacial score (nSPS) is 10.6. The number of anilines is 1. The Morgan fingerprint density at radius 1 is 1.64 bits per heavy atom. The topological polar surface area (TPSA) is 61.0 Å². The summed E-state index contributed by atoms with van der Waals surface area (Å²) in [6.07, 6.45) is 1.41. The molecule has 2 N–H and O–H groups in total. The molecule has 1 heterocycles. The average molecular weight is 308 g/mol. The summed E-state index contributed by atoms with van der Waals surface area (Å²) < 4.78 is 0.601. The van der Waals surface area contributed by atoms with Crippen molar-refractivity contribution in [3.05, 3.63) is 20.3 Å². The molecule has 1 aromatic heterocycles. The highest BCUT2D eigenvalue weighted by Gasteiger charge is 2.03. The second-order valence-corrected chi connectivity index (χ2v) is 4.20. The molecule has 0 bridgehead atoms. The summed E-state index contributed by atoms with van der Waals surface area (Å²) in [5.41, 5.74) is -0.104. The summed E-state index contributed by atoms with van der Waals surface area (Å²) in [4.78, 5) is 19.8. The Balaban J connectivity index is 2.59. The van der Waals surface area contributed by atoms with Gasteiger partial charge in [-0.3, -0.25) is 4.79 Å². The Hall–Kier alpha value is -0.630. The molecule has 0 fully saturated rings. The molecular formula is C8H13IN4O. The smallest absolute Gasteiger partial charge is 0.266 e. The van der Waals surface area contributed by atoms with Crippen LogP contribution >= 0.6 is 22.6 Å². The molecule has 0 radical (unpaired) electrons. The van der Waals surface area contributed by atoms with Gasteiger partial charge in [0.15, 0.2) is 0 Å². The molecule has 0 aliphatic heterocycles. The van der Waals surface area contributed by atoms with Gasteiger partial charge in [-0.15, -0.1) is 0 Å². The lowest BCUT2D eigenvalue weighted by atomic mass is 10.5. The van der Waals surface area contributed by atoms with E-state index in [1.807, 2.05) is 36.7 Å². The number of hydrogen-bond donors (Lipinski definition) is 2. The van der Waals surface area contributed by atoms with Crippen LogP contribution in [-0.2, 0) is 0 Å². The Kier molecular flexibility index (Phi) is 4.33. The van der Waals surface area contributed by atoms with Crippen molar-refractivity contribution in [1.82, 2.24) is 14.9 Å². The average Bonchev–Trinajstić information content (AvgIpc) is 2.12. The van der Waals surface area contributed by atoms with Crippen LogP contribution in [0.3, 0.4) is 0 Å². The first-order valence-electron chi connectivity index (χ1n) is 4.23. The zero-order valence-corrected chi connectivity index (χ0v) is 10.3. The highest BCUT2D eigenvalue weighted by Crippen LogP contribution is 2.07. The Morgan fingerprint density at radius 2 is 2.36 bits per heavy atom. The van der Waals surface area contributed by atoms with Gasteiger partial charge in [0, 0.05) is 13.1 Å². The monoisotopic (exact) mass is 308 g/mol. The number of halogens is 1. The van der Waals surface area contributed by atoms with E-state index in [9.17, 15) is 4.79 Å². The van der Waals surface area contributed by atoms with Crippen molar-refractivity contribution in [3.63, 3.8) is 0 Å². The summed E-state index contributed by atoms with van der Waals surface area (Å²) in [6, 6.07) is 0. The lowest BCUT2D eigenvalue weighted by Crippen LogP contribution is -2.23. The molecule has 1 aromatic rings. The Bertz CT molecular complexity index is 349. The van der Waals surface area contributed by atoms with E-state index in [0.29, 0.717) is 9.39 Å². The molecule has 1 rings (SSSR count). The van der Waals surface area contributed by atoms with Gasteiger partial charge >= 0.3 is 0 Å². The number of rotatable bonds is 4. The van der Waals surface area contributed by atoms with Crippen LogP contribution in [0.5, 0.6) is 0 Å². The molecule has 0 unspecified atom stereocenters. The fourth-order valence-electron chi connectivity index (χ4n) is 0.904. The molecular weight excluding hydrogens is 295 g/mol. The minimum atomic E-state index is -0.104. The quantitative estimate of drug-likeness (QED) is 0.788. The molecule has 5 nitrogen and oxygen atoms in total. The van der Waals surface area contributed by atoms with E-state index in [4.69, 9.17) is 0 Å². The maximum atomic E-state index is 11.2. The van der Waals surface area contributed by atoms with Crippen molar-refractivity contribution in [1.29, 1.82) is 0 Å². The zero-order valence-electron chi connectivity index (χ0n) is 8.17. The van der Waals surface area contributed by atoms with Crippen LogP contribution in [-0.4, -0.2) is 42.1 Å². The zero-order chi connectivity index (χ0) is 10.6. The van der Waals surface area contributed by atoms with Crippen molar-refractivity contribution in [3.8, 4) is 0 Å².